The third-order valence-corrected chi connectivity index (χ3v) is 5.97. The second-order valence-electron chi connectivity index (χ2n) is 7.00. The molecule has 0 fully saturated rings. The van der Waals surface area contributed by atoms with E-state index in [1.165, 1.54) is 36.2 Å². The van der Waals surface area contributed by atoms with Crippen molar-refractivity contribution < 1.29 is 27.9 Å². The van der Waals surface area contributed by atoms with Crippen LogP contribution in [-0.4, -0.2) is 48.7 Å². The Morgan fingerprint density at radius 2 is 1.93 bits per heavy atom. The van der Waals surface area contributed by atoms with Crippen molar-refractivity contribution in [2.75, 3.05) is 4.90 Å². The third-order valence-electron chi connectivity index (χ3n) is 5.04. The van der Waals surface area contributed by atoms with Crippen LogP contribution < -0.4 is 16.4 Å². The Morgan fingerprint density at radius 3 is 2.47 bits per heavy atom. The minimum Gasteiger partial charge on any atom is -0.366 e. The van der Waals surface area contributed by atoms with Gasteiger partial charge in [0.1, 0.15) is 0 Å². The van der Waals surface area contributed by atoms with Crippen LogP contribution in [-0.2, 0) is 20.7 Å². The van der Waals surface area contributed by atoms with Crippen molar-refractivity contribution in [3.8, 4) is 0 Å². The second kappa shape index (κ2) is 7.84. The Labute approximate surface area is 174 Å². The molecule has 0 aromatic heterocycles. The Morgan fingerprint density at radius 1 is 1.27 bits per heavy atom. The van der Waals surface area contributed by atoms with Crippen molar-refractivity contribution in [1.82, 2.24) is 4.90 Å². The first-order valence-electron chi connectivity index (χ1n) is 8.88. The molecule has 1 aromatic carbocycles. The first-order valence-corrected chi connectivity index (χ1v) is 10.0. The fourth-order valence-corrected chi connectivity index (χ4v) is 4.77. The van der Waals surface area contributed by atoms with E-state index < -0.39 is 46.1 Å². The lowest BCUT2D eigenvalue weighted by molar-refractivity contribution is -0.117. The molecule has 2 aliphatic heterocycles. The quantitative estimate of drug-likeness (QED) is 0.453. The maximum atomic E-state index is 13.3. The first kappa shape index (κ1) is 21.4. The number of nitrogens with zero attached hydrogens (tertiary/aromatic N) is 2. The molecule has 158 valence electrons. The Kier molecular flexibility index (Phi) is 5.59. The summed E-state index contributed by atoms with van der Waals surface area (Å²) < 4.78 is 22.5. The van der Waals surface area contributed by atoms with E-state index in [-0.39, 0.29) is 23.2 Å². The SMILES string of the molecule is CC(=O)N1c2c(ccc(C)c2C(N)=O)C(=O)N2C=C(C=CC(N)=O)CC2C1S(=O)O. The molecule has 10 nitrogen and oxygen atoms in total. The van der Waals surface area contributed by atoms with Crippen LogP contribution in [0.4, 0.5) is 5.69 Å². The Balaban J connectivity index is 2.30. The number of aryl methyl sites for hydroxylation is 1. The fraction of sp³-hybridized carbons (Fsp3) is 0.263. The fourth-order valence-electron chi connectivity index (χ4n) is 3.84. The van der Waals surface area contributed by atoms with Gasteiger partial charge in [-0.2, -0.15) is 0 Å². The van der Waals surface area contributed by atoms with Gasteiger partial charge in [0, 0.05) is 19.2 Å². The lowest BCUT2D eigenvalue weighted by atomic mass is 9.99. The minimum absolute atomic E-state index is 0.000990. The number of hydrogen-bond acceptors (Lipinski definition) is 5. The summed E-state index contributed by atoms with van der Waals surface area (Å²) in [6, 6.07) is 2.06. The zero-order valence-corrected chi connectivity index (χ0v) is 17.0. The van der Waals surface area contributed by atoms with Gasteiger partial charge in [-0.3, -0.25) is 24.1 Å². The zero-order valence-electron chi connectivity index (χ0n) is 16.2. The van der Waals surface area contributed by atoms with Crippen LogP contribution >= 0.6 is 0 Å². The number of carbonyl (C=O) groups is 4. The van der Waals surface area contributed by atoms with Gasteiger partial charge in [0.05, 0.1) is 22.9 Å². The second-order valence-corrected chi connectivity index (χ2v) is 8.03. The molecule has 0 spiro atoms. The maximum Gasteiger partial charge on any atom is 0.260 e. The van der Waals surface area contributed by atoms with Crippen LogP contribution in [0, 0.1) is 6.92 Å². The summed E-state index contributed by atoms with van der Waals surface area (Å²) in [7, 11) is 0. The van der Waals surface area contributed by atoms with E-state index in [1.54, 1.807) is 6.92 Å². The van der Waals surface area contributed by atoms with E-state index in [0.29, 0.717) is 11.1 Å². The van der Waals surface area contributed by atoms with E-state index in [0.717, 1.165) is 11.0 Å². The summed E-state index contributed by atoms with van der Waals surface area (Å²) in [5, 5.41) is -1.37. The molecule has 3 unspecified atom stereocenters. The normalized spacial score (nSPS) is 21.7. The molecule has 2 heterocycles. The van der Waals surface area contributed by atoms with Gasteiger partial charge in [0.25, 0.3) is 11.8 Å². The lowest BCUT2D eigenvalue weighted by Crippen LogP contribution is -2.52. The minimum atomic E-state index is -2.59. The number of allylic oxidation sites excluding steroid dienone is 1. The predicted octanol–water partition coefficient (Wildman–Crippen LogP) is 0.148. The standard InChI is InChI=1S/C19H20N4O6S/c1-9-3-5-12-16(15(9)17(21)26)23(10(2)24)19(30(28)29)13-7-11(4-6-14(20)25)8-22(13)18(12)27/h3-6,8,13,19H,7H2,1-2H3,(H2,20,25)(H2,21,26)(H,28,29). The van der Waals surface area contributed by atoms with Crippen LogP contribution in [0.3, 0.4) is 0 Å². The van der Waals surface area contributed by atoms with Crippen molar-refractivity contribution in [3.05, 3.63) is 52.7 Å². The van der Waals surface area contributed by atoms with E-state index in [2.05, 4.69) is 0 Å². The van der Waals surface area contributed by atoms with Crippen molar-refractivity contribution in [2.45, 2.75) is 31.7 Å². The van der Waals surface area contributed by atoms with Gasteiger partial charge in [0.2, 0.25) is 11.8 Å². The van der Waals surface area contributed by atoms with Crippen molar-refractivity contribution >= 4 is 40.4 Å². The number of benzene rings is 1. The molecule has 1 aromatic rings. The van der Waals surface area contributed by atoms with Crippen molar-refractivity contribution in [2.24, 2.45) is 11.5 Å². The topological polar surface area (TPSA) is 164 Å². The Bertz CT molecular complexity index is 1060. The van der Waals surface area contributed by atoms with Crippen LogP contribution in [0.15, 0.2) is 36.1 Å². The van der Waals surface area contributed by atoms with E-state index in [1.807, 2.05) is 0 Å². The van der Waals surface area contributed by atoms with Crippen molar-refractivity contribution in [1.29, 1.82) is 0 Å². The van der Waals surface area contributed by atoms with E-state index >= 15 is 0 Å². The number of nitrogens with two attached hydrogens (primary N) is 2. The molecule has 11 heteroatoms. The molecule has 0 saturated carbocycles. The highest BCUT2D eigenvalue weighted by atomic mass is 32.2. The smallest absolute Gasteiger partial charge is 0.260 e. The summed E-state index contributed by atoms with van der Waals surface area (Å²) in [5.74, 6) is -2.76. The van der Waals surface area contributed by atoms with E-state index in [9.17, 15) is 27.9 Å². The molecule has 5 N–H and O–H groups in total. The van der Waals surface area contributed by atoms with E-state index in [4.69, 9.17) is 11.5 Å². The lowest BCUT2D eigenvalue weighted by Gasteiger charge is -2.33. The number of amides is 4. The number of hydrogen-bond donors (Lipinski definition) is 3. The number of fused-ring (bicyclic) bond motifs is 2. The molecule has 2 aliphatic rings. The summed E-state index contributed by atoms with van der Waals surface area (Å²) in [4.78, 5) is 51.4. The summed E-state index contributed by atoms with van der Waals surface area (Å²) in [6.45, 7) is 2.76. The van der Waals surface area contributed by atoms with Gasteiger partial charge in [-0.25, -0.2) is 4.21 Å². The number of carbonyl (C=O) groups excluding carboxylic acids is 4. The average molecular weight is 432 g/mol. The predicted molar refractivity (Wildman–Crippen MR) is 108 cm³/mol. The average Bonchev–Trinajstić information content (AvgIpc) is 3.02. The molecule has 30 heavy (non-hydrogen) atoms. The van der Waals surface area contributed by atoms with Gasteiger partial charge in [-0.05, 0) is 30.5 Å². The van der Waals surface area contributed by atoms with Gasteiger partial charge >= 0.3 is 0 Å². The molecule has 0 saturated heterocycles. The van der Waals surface area contributed by atoms with Gasteiger partial charge in [-0.15, -0.1) is 0 Å². The summed E-state index contributed by atoms with van der Waals surface area (Å²) >= 11 is -2.59. The highest BCUT2D eigenvalue weighted by Gasteiger charge is 2.48. The van der Waals surface area contributed by atoms with Crippen molar-refractivity contribution in [3.63, 3.8) is 0 Å². The molecule has 4 amide bonds. The molecule has 3 atom stereocenters. The van der Waals surface area contributed by atoms with Crippen LogP contribution in [0.5, 0.6) is 0 Å². The molecule has 0 radical (unpaired) electrons. The van der Waals surface area contributed by atoms with Crippen LogP contribution in [0.1, 0.15) is 39.6 Å². The van der Waals surface area contributed by atoms with Crippen LogP contribution in [0.2, 0.25) is 0 Å². The highest BCUT2D eigenvalue weighted by molar-refractivity contribution is 7.80. The molecule has 0 aliphatic carbocycles. The molecule has 3 rings (SSSR count). The molecular weight excluding hydrogens is 412 g/mol. The monoisotopic (exact) mass is 432 g/mol. The Hall–Kier alpha value is -3.31. The maximum absolute atomic E-state index is 13.3. The first-order chi connectivity index (χ1) is 14.0. The largest absolute Gasteiger partial charge is 0.366 e. The van der Waals surface area contributed by atoms with Gasteiger partial charge < -0.3 is 20.9 Å². The number of primary amides is 2. The van der Waals surface area contributed by atoms with Crippen LogP contribution in [0.25, 0.3) is 0 Å². The van der Waals surface area contributed by atoms with Gasteiger partial charge in [-0.1, -0.05) is 12.1 Å². The molecule has 0 bridgehead atoms. The number of anilines is 1. The number of rotatable bonds is 4. The zero-order chi connectivity index (χ0) is 22.3. The summed E-state index contributed by atoms with van der Waals surface area (Å²) in [5.41, 5.74) is 11.4. The molecular formula is C19H20N4O6S. The van der Waals surface area contributed by atoms with Gasteiger partial charge in [0.15, 0.2) is 16.5 Å². The highest BCUT2D eigenvalue weighted by Crippen LogP contribution is 2.40. The summed E-state index contributed by atoms with van der Waals surface area (Å²) in [6.07, 6.45) is 4.04. The third kappa shape index (κ3) is 3.53.